The van der Waals surface area contributed by atoms with Crippen LogP contribution in [0.2, 0.25) is 0 Å². The predicted octanol–water partition coefficient (Wildman–Crippen LogP) is 5.01. The van der Waals surface area contributed by atoms with Crippen LogP contribution in [0.3, 0.4) is 0 Å². The second kappa shape index (κ2) is 10.8. The maximum absolute atomic E-state index is 12.3. The topological polar surface area (TPSA) is 70.7 Å². The Hall–Kier alpha value is -3.80. The van der Waals surface area contributed by atoms with E-state index in [2.05, 4.69) is 10.6 Å². The van der Waals surface area contributed by atoms with Crippen LogP contribution < -0.4 is 15.4 Å². The molecule has 6 heteroatoms. The summed E-state index contributed by atoms with van der Waals surface area (Å²) in [4.78, 5) is 26.4. The van der Waals surface area contributed by atoms with Crippen molar-refractivity contribution in [1.29, 1.82) is 0 Å². The van der Waals surface area contributed by atoms with Gasteiger partial charge in [0.15, 0.2) is 0 Å². The first-order valence-corrected chi connectivity index (χ1v) is 10.3. The Labute approximate surface area is 182 Å². The van der Waals surface area contributed by atoms with Gasteiger partial charge in [-0.25, -0.2) is 0 Å². The molecule has 0 spiro atoms. The van der Waals surface area contributed by atoms with Gasteiger partial charge < -0.3 is 20.3 Å². The third-order valence-electron chi connectivity index (χ3n) is 4.75. The van der Waals surface area contributed by atoms with Crippen molar-refractivity contribution >= 4 is 23.2 Å². The molecule has 0 saturated carbocycles. The molecule has 160 valence electrons. The summed E-state index contributed by atoms with van der Waals surface area (Å²) >= 11 is 0. The first-order valence-electron chi connectivity index (χ1n) is 10.3. The molecule has 0 radical (unpaired) electrons. The summed E-state index contributed by atoms with van der Waals surface area (Å²) < 4.78 is 5.75. The van der Waals surface area contributed by atoms with Gasteiger partial charge in [0.2, 0.25) is 5.91 Å². The molecule has 6 nitrogen and oxygen atoms in total. The first kappa shape index (κ1) is 21.9. The Kier molecular flexibility index (Phi) is 7.65. The number of para-hydroxylation sites is 1. The van der Waals surface area contributed by atoms with Crippen molar-refractivity contribution in [3.05, 3.63) is 84.4 Å². The number of nitrogens with one attached hydrogen (secondary N) is 2. The standard InChI is InChI=1S/C25H27N3O3/c1-3-28(4-2)25(30)19-10-12-20(13-11-19)26-18-24(29)27-21-14-16-23(17-15-21)31-22-8-6-5-7-9-22/h5-17,26H,3-4,18H2,1-2H3,(H,27,29). The maximum atomic E-state index is 12.3. The molecule has 0 unspecified atom stereocenters. The lowest BCUT2D eigenvalue weighted by Crippen LogP contribution is -2.30. The summed E-state index contributed by atoms with van der Waals surface area (Å²) in [7, 11) is 0. The van der Waals surface area contributed by atoms with E-state index >= 15 is 0 Å². The van der Waals surface area contributed by atoms with E-state index in [4.69, 9.17) is 4.74 Å². The summed E-state index contributed by atoms with van der Waals surface area (Å²) in [6, 6.07) is 23.9. The summed E-state index contributed by atoms with van der Waals surface area (Å²) in [5, 5.41) is 5.92. The molecule has 0 atom stereocenters. The van der Waals surface area contributed by atoms with E-state index in [1.807, 2.05) is 56.3 Å². The Balaban J connectivity index is 1.48. The van der Waals surface area contributed by atoms with Crippen molar-refractivity contribution in [2.24, 2.45) is 0 Å². The SMILES string of the molecule is CCN(CC)C(=O)c1ccc(NCC(=O)Nc2ccc(Oc3ccccc3)cc2)cc1. The Morgan fingerprint density at radius 3 is 1.97 bits per heavy atom. The number of hydrogen-bond donors (Lipinski definition) is 2. The molecule has 0 fully saturated rings. The molecular weight excluding hydrogens is 390 g/mol. The molecule has 0 aliphatic carbocycles. The zero-order valence-corrected chi connectivity index (χ0v) is 17.8. The highest BCUT2D eigenvalue weighted by atomic mass is 16.5. The average Bonchev–Trinajstić information content (AvgIpc) is 2.81. The van der Waals surface area contributed by atoms with Crippen LogP contribution in [0.1, 0.15) is 24.2 Å². The molecule has 3 aromatic carbocycles. The zero-order chi connectivity index (χ0) is 22.1. The van der Waals surface area contributed by atoms with Gasteiger partial charge in [-0.2, -0.15) is 0 Å². The van der Waals surface area contributed by atoms with E-state index in [0.29, 0.717) is 30.1 Å². The van der Waals surface area contributed by atoms with Gasteiger partial charge in [0.05, 0.1) is 6.54 Å². The number of nitrogens with zero attached hydrogens (tertiary/aromatic N) is 1. The molecule has 0 aromatic heterocycles. The minimum absolute atomic E-state index is 0.00832. The van der Waals surface area contributed by atoms with Gasteiger partial charge in [0.1, 0.15) is 11.5 Å². The molecule has 3 rings (SSSR count). The van der Waals surface area contributed by atoms with Crippen LogP contribution in [-0.4, -0.2) is 36.3 Å². The van der Waals surface area contributed by atoms with Crippen LogP contribution in [0.4, 0.5) is 11.4 Å². The molecular formula is C25H27N3O3. The third-order valence-corrected chi connectivity index (χ3v) is 4.75. The van der Waals surface area contributed by atoms with Crippen LogP contribution in [0.5, 0.6) is 11.5 Å². The molecule has 0 bridgehead atoms. The quantitative estimate of drug-likeness (QED) is 0.513. The fourth-order valence-corrected chi connectivity index (χ4v) is 3.04. The lowest BCUT2D eigenvalue weighted by molar-refractivity contribution is -0.114. The van der Waals surface area contributed by atoms with Gasteiger partial charge in [0.25, 0.3) is 5.91 Å². The number of ether oxygens (including phenoxy) is 1. The summed E-state index contributed by atoms with van der Waals surface area (Å²) in [6.45, 7) is 5.38. The number of amides is 2. The number of hydrogen-bond acceptors (Lipinski definition) is 4. The van der Waals surface area contributed by atoms with E-state index in [0.717, 1.165) is 11.4 Å². The number of carbonyl (C=O) groups is 2. The van der Waals surface area contributed by atoms with Crippen LogP contribution in [0.25, 0.3) is 0 Å². The van der Waals surface area contributed by atoms with Gasteiger partial charge >= 0.3 is 0 Å². The second-order valence-corrected chi connectivity index (χ2v) is 6.90. The molecule has 2 N–H and O–H groups in total. The van der Waals surface area contributed by atoms with E-state index in [1.165, 1.54) is 0 Å². The Morgan fingerprint density at radius 2 is 1.35 bits per heavy atom. The monoisotopic (exact) mass is 417 g/mol. The maximum Gasteiger partial charge on any atom is 0.253 e. The van der Waals surface area contributed by atoms with Crippen molar-refractivity contribution in [2.45, 2.75) is 13.8 Å². The first-order chi connectivity index (χ1) is 15.1. The smallest absolute Gasteiger partial charge is 0.253 e. The van der Waals surface area contributed by atoms with Crippen molar-refractivity contribution < 1.29 is 14.3 Å². The number of carbonyl (C=O) groups excluding carboxylic acids is 2. The normalized spacial score (nSPS) is 10.3. The lowest BCUT2D eigenvalue weighted by Gasteiger charge is -2.18. The number of rotatable bonds is 9. The average molecular weight is 418 g/mol. The van der Waals surface area contributed by atoms with Crippen LogP contribution in [0.15, 0.2) is 78.9 Å². The number of anilines is 2. The fourth-order valence-electron chi connectivity index (χ4n) is 3.04. The molecule has 2 amide bonds. The van der Waals surface area contributed by atoms with Crippen molar-refractivity contribution in [2.75, 3.05) is 30.3 Å². The molecule has 3 aromatic rings. The van der Waals surface area contributed by atoms with Crippen molar-refractivity contribution in [3.8, 4) is 11.5 Å². The van der Waals surface area contributed by atoms with E-state index in [9.17, 15) is 9.59 Å². The summed E-state index contributed by atoms with van der Waals surface area (Å²) in [5.74, 6) is 1.30. The largest absolute Gasteiger partial charge is 0.457 e. The van der Waals surface area contributed by atoms with Crippen molar-refractivity contribution in [3.63, 3.8) is 0 Å². The minimum atomic E-state index is -0.167. The van der Waals surface area contributed by atoms with Crippen LogP contribution in [0, 0.1) is 0 Å². The van der Waals surface area contributed by atoms with E-state index < -0.39 is 0 Å². The molecule has 0 aliphatic rings. The molecule has 31 heavy (non-hydrogen) atoms. The Bertz CT molecular complexity index is 983. The predicted molar refractivity (Wildman–Crippen MR) is 124 cm³/mol. The van der Waals surface area contributed by atoms with Gasteiger partial charge in [-0.05, 0) is 74.5 Å². The van der Waals surface area contributed by atoms with Gasteiger partial charge in [-0.3, -0.25) is 9.59 Å². The van der Waals surface area contributed by atoms with Crippen LogP contribution in [-0.2, 0) is 4.79 Å². The van der Waals surface area contributed by atoms with E-state index in [1.54, 1.807) is 41.3 Å². The highest BCUT2D eigenvalue weighted by Gasteiger charge is 2.12. The molecule has 0 heterocycles. The van der Waals surface area contributed by atoms with Crippen molar-refractivity contribution in [1.82, 2.24) is 4.90 Å². The summed E-state index contributed by atoms with van der Waals surface area (Å²) in [5.41, 5.74) is 2.10. The van der Waals surface area contributed by atoms with Gasteiger partial charge in [-0.1, -0.05) is 18.2 Å². The lowest BCUT2D eigenvalue weighted by atomic mass is 10.1. The highest BCUT2D eigenvalue weighted by molar-refractivity contribution is 5.95. The van der Waals surface area contributed by atoms with E-state index in [-0.39, 0.29) is 18.4 Å². The second-order valence-electron chi connectivity index (χ2n) is 6.90. The minimum Gasteiger partial charge on any atom is -0.457 e. The fraction of sp³-hybridized carbons (Fsp3) is 0.200. The van der Waals surface area contributed by atoms with Gasteiger partial charge in [0, 0.05) is 30.0 Å². The molecule has 0 saturated heterocycles. The molecule has 0 aliphatic heterocycles. The highest BCUT2D eigenvalue weighted by Crippen LogP contribution is 2.22. The zero-order valence-electron chi connectivity index (χ0n) is 17.8. The van der Waals surface area contributed by atoms with Crippen LogP contribution >= 0.6 is 0 Å². The summed E-state index contributed by atoms with van der Waals surface area (Å²) in [6.07, 6.45) is 0. The Morgan fingerprint density at radius 1 is 0.774 bits per heavy atom. The van der Waals surface area contributed by atoms with Gasteiger partial charge in [-0.15, -0.1) is 0 Å². The number of benzene rings is 3. The third kappa shape index (κ3) is 6.34.